The Labute approximate surface area is 99.9 Å². The molecule has 6 heteroatoms. The molecule has 1 N–H and O–H groups in total. The molecule has 0 bridgehead atoms. The highest BCUT2D eigenvalue weighted by Crippen LogP contribution is 2.12. The SMILES string of the molecule is Cc1nccc(N2CCN(CC(=O)O)CC2)n1. The molecule has 0 spiro atoms. The van der Waals surface area contributed by atoms with Gasteiger partial charge in [-0.05, 0) is 13.0 Å². The fraction of sp³-hybridized carbons (Fsp3) is 0.545. The molecular formula is C11H16N4O2. The van der Waals surface area contributed by atoms with Crippen LogP contribution in [0.1, 0.15) is 5.82 Å². The number of carbonyl (C=O) groups is 1. The first kappa shape index (κ1) is 11.8. The smallest absolute Gasteiger partial charge is 0.317 e. The van der Waals surface area contributed by atoms with Gasteiger partial charge in [0.15, 0.2) is 0 Å². The summed E-state index contributed by atoms with van der Waals surface area (Å²) in [6, 6.07) is 1.89. The Balaban J connectivity index is 1.93. The molecule has 0 aromatic carbocycles. The van der Waals surface area contributed by atoms with E-state index in [0.717, 1.165) is 37.8 Å². The van der Waals surface area contributed by atoms with Crippen LogP contribution in [0.15, 0.2) is 12.3 Å². The summed E-state index contributed by atoms with van der Waals surface area (Å²) in [7, 11) is 0. The van der Waals surface area contributed by atoms with Crippen LogP contribution in [0.3, 0.4) is 0 Å². The fourth-order valence-electron chi connectivity index (χ4n) is 1.95. The maximum absolute atomic E-state index is 10.6. The van der Waals surface area contributed by atoms with E-state index in [-0.39, 0.29) is 6.54 Å². The maximum atomic E-state index is 10.6. The first-order valence-electron chi connectivity index (χ1n) is 5.64. The van der Waals surface area contributed by atoms with Crippen LogP contribution in [0.4, 0.5) is 5.82 Å². The molecule has 17 heavy (non-hydrogen) atoms. The summed E-state index contributed by atoms with van der Waals surface area (Å²) in [6.45, 7) is 5.12. The monoisotopic (exact) mass is 236 g/mol. The predicted octanol–water partition coefficient (Wildman–Crippen LogP) is -0.00838. The van der Waals surface area contributed by atoms with Crippen molar-refractivity contribution in [3.63, 3.8) is 0 Å². The summed E-state index contributed by atoms with van der Waals surface area (Å²) in [5.41, 5.74) is 0. The number of aliphatic carboxylic acids is 1. The zero-order valence-electron chi connectivity index (χ0n) is 9.83. The third-order valence-corrected chi connectivity index (χ3v) is 2.82. The third kappa shape index (κ3) is 3.13. The highest BCUT2D eigenvalue weighted by Gasteiger charge is 2.19. The van der Waals surface area contributed by atoms with Crippen LogP contribution in [0, 0.1) is 6.92 Å². The maximum Gasteiger partial charge on any atom is 0.317 e. The number of hydrogen-bond donors (Lipinski definition) is 1. The number of aromatic nitrogens is 2. The zero-order chi connectivity index (χ0) is 12.3. The topological polar surface area (TPSA) is 69.6 Å². The Hall–Kier alpha value is -1.69. The molecule has 0 radical (unpaired) electrons. The Morgan fingerprint density at radius 2 is 2.12 bits per heavy atom. The van der Waals surface area contributed by atoms with E-state index >= 15 is 0 Å². The molecule has 0 saturated carbocycles. The van der Waals surface area contributed by atoms with Crippen molar-refractivity contribution in [1.82, 2.24) is 14.9 Å². The lowest BCUT2D eigenvalue weighted by atomic mass is 10.3. The molecule has 0 unspecified atom stereocenters. The van der Waals surface area contributed by atoms with Crippen LogP contribution in [0.25, 0.3) is 0 Å². The number of piperazine rings is 1. The predicted molar refractivity (Wildman–Crippen MR) is 63.1 cm³/mol. The highest BCUT2D eigenvalue weighted by molar-refractivity contribution is 5.69. The number of carboxylic acid groups (broad SMARTS) is 1. The number of aryl methyl sites for hydroxylation is 1. The fourth-order valence-corrected chi connectivity index (χ4v) is 1.95. The third-order valence-electron chi connectivity index (χ3n) is 2.82. The quantitative estimate of drug-likeness (QED) is 0.796. The van der Waals surface area contributed by atoms with Gasteiger partial charge in [-0.15, -0.1) is 0 Å². The van der Waals surface area contributed by atoms with Gasteiger partial charge >= 0.3 is 5.97 Å². The van der Waals surface area contributed by atoms with Gasteiger partial charge in [-0.3, -0.25) is 9.69 Å². The van der Waals surface area contributed by atoms with Crippen molar-refractivity contribution in [3.05, 3.63) is 18.1 Å². The minimum atomic E-state index is -0.767. The average Bonchev–Trinajstić information content (AvgIpc) is 2.29. The van der Waals surface area contributed by atoms with Gasteiger partial charge in [-0.2, -0.15) is 0 Å². The van der Waals surface area contributed by atoms with Crippen molar-refractivity contribution in [1.29, 1.82) is 0 Å². The van der Waals surface area contributed by atoms with E-state index in [1.54, 1.807) is 6.20 Å². The molecule has 1 aromatic heterocycles. The van der Waals surface area contributed by atoms with E-state index in [1.807, 2.05) is 17.9 Å². The van der Waals surface area contributed by atoms with Crippen LogP contribution in [0.5, 0.6) is 0 Å². The van der Waals surface area contributed by atoms with Gasteiger partial charge in [0, 0.05) is 32.4 Å². The first-order chi connectivity index (χ1) is 8.15. The van der Waals surface area contributed by atoms with Gasteiger partial charge in [0.25, 0.3) is 0 Å². The molecule has 6 nitrogen and oxygen atoms in total. The Bertz CT molecular complexity index is 402. The van der Waals surface area contributed by atoms with E-state index in [1.165, 1.54) is 0 Å². The minimum Gasteiger partial charge on any atom is -0.480 e. The molecular weight excluding hydrogens is 220 g/mol. The largest absolute Gasteiger partial charge is 0.480 e. The van der Waals surface area contributed by atoms with Crippen LogP contribution in [-0.2, 0) is 4.79 Å². The molecule has 0 amide bonds. The number of anilines is 1. The molecule has 1 aliphatic rings. The van der Waals surface area contributed by atoms with Crippen molar-refractivity contribution in [3.8, 4) is 0 Å². The van der Waals surface area contributed by atoms with E-state index in [0.29, 0.717) is 0 Å². The van der Waals surface area contributed by atoms with Gasteiger partial charge in [-0.25, -0.2) is 9.97 Å². The summed E-state index contributed by atoms with van der Waals surface area (Å²) < 4.78 is 0. The summed E-state index contributed by atoms with van der Waals surface area (Å²) in [6.07, 6.45) is 1.75. The van der Waals surface area contributed by atoms with Crippen molar-refractivity contribution >= 4 is 11.8 Å². The number of nitrogens with zero attached hydrogens (tertiary/aromatic N) is 4. The number of carboxylic acids is 1. The van der Waals surface area contributed by atoms with Crippen LogP contribution in [0.2, 0.25) is 0 Å². The normalized spacial score (nSPS) is 17.1. The summed E-state index contributed by atoms with van der Waals surface area (Å²) in [5, 5.41) is 8.71. The van der Waals surface area contributed by atoms with E-state index in [4.69, 9.17) is 5.11 Å². The number of rotatable bonds is 3. The molecule has 1 aliphatic heterocycles. The average molecular weight is 236 g/mol. The lowest BCUT2D eigenvalue weighted by Gasteiger charge is -2.34. The number of hydrogen-bond acceptors (Lipinski definition) is 5. The molecule has 1 fully saturated rings. The van der Waals surface area contributed by atoms with Crippen molar-refractivity contribution in [2.45, 2.75) is 6.92 Å². The van der Waals surface area contributed by atoms with Gasteiger partial charge in [-0.1, -0.05) is 0 Å². The summed E-state index contributed by atoms with van der Waals surface area (Å²) >= 11 is 0. The van der Waals surface area contributed by atoms with Gasteiger partial charge in [0.05, 0.1) is 6.54 Å². The Morgan fingerprint density at radius 3 is 2.71 bits per heavy atom. The lowest BCUT2D eigenvalue weighted by Crippen LogP contribution is -2.48. The molecule has 1 saturated heterocycles. The molecule has 2 heterocycles. The van der Waals surface area contributed by atoms with Gasteiger partial charge in [0.1, 0.15) is 11.6 Å². The van der Waals surface area contributed by atoms with E-state index in [2.05, 4.69) is 14.9 Å². The van der Waals surface area contributed by atoms with Crippen LogP contribution < -0.4 is 4.90 Å². The van der Waals surface area contributed by atoms with Crippen LogP contribution in [-0.4, -0.2) is 58.7 Å². The molecule has 1 aromatic rings. The summed E-state index contributed by atoms with van der Waals surface area (Å²) in [4.78, 5) is 23.1. The first-order valence-corrected chi connectivity index (χ1v) is 5.64. The standard InChI is InChI=1S/C11H16N4O2/c1-9-12-3-2-10(13-9)15-6-4-14(5-7-15)8-11(16)17/h2-3H,4-8H2,1H3,(H,16,17). The van der Waals surface area contributed by atoms with Gasteiger partial charge in [0.2, 0.25) is 0 Å². The second-order valence-electron chi connectivity index (χ2n) is 4.12. The highest BCUT2D eigenvalue weighted by atomic mass is 16.4. The molecule has 92 valence electrons. The van der Waals surface area contributed by atoms with E-state index < -0.39 is 5.97 Å². The summed E-state index contributed by atoms with van der Waals surface area (Å²) in [5.74, 6) is 0.916. The zero-order valence-corrected chi connectivity index (χ0v) is 9.83. The van der Waals surface area contributed by atoms with Crippen molar-refractivity contribution < 1.29 is 9.90 Å². The molecule has 2 rings (SSSR count). The van der Waals surface area contributed by atoms with Crippen molar-refractivity contribution in [2.75, 3.05) is 37.6 Å². The Morgan fingerprint density at radius 1 is 1.41 bits per heavy atom. The molecule has 0 aliphatic carbocycles. The minimum absolute atomic E-state index is 0.122. The van der Waals surface area contributed by atoms with Gasteiger partial charge < -0.3 is 10.0 Å². The van der Waals surface area contributed by atoms with Crippen LogP contribution >= 0.6 is 0 Å². The second-order valence-corrected chi connectivity index (χ2v) is 4.12. The van der Waals surface area contributed by atoms with Crippen molar-refractivity contribution in [2.24, 2.45) is 0 Å². The second kappa shape index (κ2) is 5.09. The molecule has 0 atom stereocenters. The lowest BCUT2D eigenvalue weighted by molar-refractivity contribution is -0.138. The Kier molecular flexibility index (Phi) is 3.53. The van der Waals surface area contributed by atoms with E-state index in [9.17, 15) is 4.79 Å².